The molecule has 0 saturated heterocycles. The van der Waals surface area contributed by atoms with E-state index in [-0.39, 0.29) is 0 Å². The summed E-state index contributed by atoms with van der Waals surface area (Å²) in [6, 6.07) is 0. The summed E-state index contributed by atoms with van der Waals surface area (Å²) in [5, 5.41) is 15.0. The van der Waals surface area contributed by atoms with Crippen molar-refractivity contribution in [2.75, 3.05) is 6.67 Å². The molecule has 0 bridgehead atoms. The van der Waals surface area contributed by atoms with Gasteiger partial charge in [-0.05, 0) is 10.4 Å². The Bertz CT molecular complexity index is 176. The van der Waals surface area contributed by atoms with Crippen molar-refractivity contribution in [1.82, 2.24) is 4.98 Å². The van der Waals surface area contributed by atoms with Crippen LogP contribution in [0.1, 0.15) is 0 Å². The number of hydrogen-bond acceptors (Lipinski definition) is 6. The van der Waals surface area contributed by atoms with E-state index in [1.807, 2.05) is 5.38 Å². The Hall–Kier alpha value is -1.17. The predicted molar refractivity (Wildman–Crippen MR) is 35.5 cm³/mol. The van der Waals surface area contributed by atoms with Gasteiger partial charge in [-0.15, -0.1) is 21.6 Å². The van der Waals surface area contributed by atoms with Crippen molar-refractivity contribution in [2.45, 2.75) is 0 Å². The third-order valence-corrected chi connectivity index (χ3v) is 1.07. The van der Waals surface area contributed by atoms with Gasteiger partial charge in [0.05, 0.1) is 0 Å². The van der Waals surface area contributed by atoms with Crippen LogP contribution in [0.3, 0.4) is 0 Å². The summed E-state index contributed by atoms with van der Waals surface area (Å²) in [7, 11) is 0. The number of aromatic nitrogens is 1. The Morgan fingerprint density at radius 2 is 2.10 bits per heavy atom. The lowest BCUT2D eigenvalue weighted by molar-refractivity contribution is 1.05. The summed E-state index contributed by atoms with van der Waals surface area (Å²) in [6.07, 6.45) is 1.71. The van der Waals surface area contributed by atoms with Crippen molar-refractivity contribution in [2.24, 2.45) is 20.7 Å². The summed E-state index contributed by atoms with van der Waals surface area (Å²) in [5.41, 5.74) is 2.65. The summed E-state index contributed by atoms with van der Waals surface area (Å²) in [5.74, 6) is 0. The van der Waals surface area contributed by atoms with E-state index in [4.69, 9.17) is 0 Å². The van der Waals surface area contributed by atoms with E-state index in [1.54, 1.807) is 6.20 Å². The highest BCUT2D eigenvalue weighted by molar-refractivity contribution is 7.06. The minimum Gasteiger partial charge on any atom is -0.242 e. The highest BCUT2D eigenvalue weighted by Gasteiger charge is 1.76. The average Bonchev–Trinajstić information content (AvgIpc) is 2.67. The van der Waals surface area contributed by atoms with E-state index >= 15 is 0 Å². The summed E-state index contributed by atoms with van der Waals surface area (Å²) in [4.78, 5) is 3.62. The molecule has 1 aromatic rings. The lowest BCUT2D eigenvalue weighted by atomic mass is 11.0. The average molecular weight is 154 g/mol. The Labute approximate surface area is 61.5 Å². The lowest BCUT2D eigenvalue weighted by Gasteiger charge is -1.52. The molecule has 1 aromatic heterocycles. The second-order valence-electron chi connectivity index (χ2n) is 1.23. The van der Waals surface area contributed by atoms with E-state index in [0.717, 1.165) is 0 Å². The van der Waals surface area contributed by atoms with Crippen LogP contribution < -0.4 is 0 Å². The zero-order valence-corrected chi connectivity index (χ0v) is 5.82. The molecule has 0 fully saturated rings. The predicted octanol–water partition coefficient (Wildman–Crippen LogP) is 1.72. The number of nitrogens with zero attached hydrogens (tertiary/aromatic N) is 5. The maximum absolute atomic E-state index is 3.62. The van der Waals surface area contributed by atoms with Gasteiger partial charge in [-0.25, -0.2) is 4.98 Å². The number of hydrogen-bond donors (Lipinski definition) is 0. The van der Waals surface area contributed by atoms with Crippen LogP contribution in [0.2, 0.25) is 0 Å². The zero-order chi connectivity index (χ0) is 7.07. The molecule has 0 unspecified atom stereocenters. The molecule has 5 nitrogen and oxygen atoms in total. The lowest BCUT2D eigenvalue weighted by Crippen LogP contribution is -1.52. The van der Waals surface area contributed by atoms with Gasteiger partial charge in [0.15, 0.2) is 12.2 Å². The fourth-order valence-electron chi connectivity index (χ4n) is 0.294. The van der Waals surface area contributed by atoms with Gasteiger partial charge in [0, 0.05) is 11.6 Å². The Kier molecular flexibility index (Phi) is 3.25. The zero-order valence-electron chi connectivity index (χ0n) is 5.01. The van der Waals surface area contributed by atoms with Crippen molar-refractivity contribution in [3.63, 3.8) is 0 Å². The highest BCUT2D eigenvalue weighted by atomic mass is 32.1. The molecule has 1 radical (unpaired) electrons. The molecule has 0 N–H and O–H groups in total. The van der Waals surface area contributed by atoms with Gasteiger partial charge in [-0.1, -0.05) is 0 Å². The van der Waals surface area contributed by atoms with Crippen LogP contribution >= 0.6 is 11.3 Å². The Balaban J connectivity index is 0.0000001000. The van der Waals surface area contributed by atoms with Crippen molar-refractivity contribution < 1.29 is 0 Å². The first-order chi connectivity index (χ1) is 5.00. The van der Waals surface area contributed by atoms with Gasteiger partial charge in [0.25, 0.3) is 0 Å². The highest BCUT2D eigenvalue weighted by Crippen LogP contribution is 1.88. The van der Waals surface area contributed by atoms with E-state index < -0.39 is 0 Å². The molecule has 2 heterocycles. The van der Waals surface area contributed by atoms with Crippen molar-refractivity contribution in [3.05, 3.63) is 17.1 Å². The van der Waals surface area contributed by atoms with Gasteiger partial charge in [-0.3, -0.25) is 0 Å². The minimum absolute atomic E-state index is 0.417. The molecule has 0 amide bonds. The van der Waals surface area contributed by atoms with Gasteiger partial charge in [-0.2, -0.15) is 0 Å². The van der Waals surface area contributed by atoms with Crippen molar-refractivity contribution in [1.29, 1.82) is 0 Å². The second-order valence-corrected chi connectivity index (χ2v) is 1.92. The smallest absolute Gasteiger partial charge is 0.175 e. The maximum atomic E-state index is 3.62. The van der Waals surface area contributed by atoms with Crippen LogP contribution in [0, 0.1) is 5.51 Å². The molecule has 51 valence electrons. The molecule has 0 aliphatic carbocycles. The largest absolute Gasteiger partial charge is 0.242 e. The molecule has 10 heavy (non-hydrogen) atoms. The van der Waals surface area contributed by atoms with Crippen LogP contribution in [0.15, 0.2) is 32.3 Å². The fourth-order valence-corrected chi connectivity index (χ4v) is 0.598. The SMILES string of the molecule is C1N=NN=N1.[c]1nccs1. The topological polar surface area (TPSA) is 62.3 Å². The van der Waals surface area contributed by atoms with Gasteiger partial charge < -0.3 is 0 Å². The third kappa shape index (κ3) is 2.98. The van der Waals surface area contributed by atoms with E-state index in [2.05, 4.69) is 31.2 Å². The summed E-state index contributed by atoms with van der Waals surface area (Å²) >= 11 is 1.48. The Morgan fingerprint density at radius 1 is 1.30 bits per heavy atom. The van der Waals surface area contributed by atoms with Crippen LogP contribution in [0.4, 0.5) is 0 Å². The van der Waals surface area contributed by atoms with Crippen LogP contribution in [-0.4, -0.2) is 11.7 Å². The third-order valence-electron chi connectivity index (χ3n) is 0.602. The fraction of sp³-hybridized carbons (Fsp3) is 0.250. The molecule has 0 spiro atoms. The van der Waals surface area contributed by atoms with Crippen LogP contribution in [0.5, 0.6) is 0 Å². The quantitative estimate of drug-likeness (QED) is 0.561. The first kappa shape index (κ1) is 6.94. The molecule has 0 aromatic carbocycles. The van der Waals surface area contributed by atoms with Crippen molar-refractivity contribution in [3.8, 4) is 0 Å². The maximum Gasteiger partial charge on any atom is 0.175 e. The summed E-state index contributed by atoms with van der Waals surface area (Å²) < 4.78 is 0. The van der Waals surface area contributed by atoms with Gasteiger partial charge in [0.1, 0.15) is 0 Å². The van der Waals surface area contributed by atoms with Crippen LogP contribution in [0.25, 0.3) is 0 Å². The molecular formula is C4H4N5S. The first-order valence-corrected chi connectivity index (χ1v) is 3.37. The van der Waals surface area contributed by atoms with Crippen LogP contribution in [-0.2, 0) is 0 Å². The van der Waals surface area contributed by atoms with E-state index in [9.17, 15) is 0 Å². The Morgan fingerprint density at radius 3 is 2.30 bits per heavy atom. The number of thiazole rings is 1. The molecule has 2 rings (SSSR count). The van der Waals surface area contributed by atoms with E-state index in [0.29, 0.717) is 6.67 Å². The number of rotatable bonds is 0. The molecular weight excluding hydrogens is 150 g/mol. The van der Waals surface area contributed by atoms with E-state index in [1.165, 1.54) is 11.3 Å². The van der Waals surface area contributed by atoms with Crippen molar-refractivity contribution >= 4 is 11.3 Å². The molecule has 6 heteroatoms. The second kappa shape index (κ2) is 4.68. The first-order valence-electron chi connectivity index (χ1n) is 2.49. The molecule has 0 atom stereocenters. The monoisotopic (exact) mass is 154 g/mol. The molecule has 1 aliphatic heterocycles. The summed E-state index contributed by atoms with van der Waals surface area (Å²) in [6.45, 7) is 0.417. The molecule has 1 aliphatic rings. The van der Waals surface area contributed by atoms with Gasteiger partial charge >= 0.3 is 0 Å². The molecule has 0 saturated carbocycles. The van der Waals surface area contributed by atoms with Gasteiger partial charge in [0.2, 0.25) is 0 Å². The standard InChI is InChI=1S/C3H2NS.CH2N4/c1-2-5-3-4-1;1-2-4-5-3-1/h1-2H;1H2. The minimum atomic E-state index is 0.417. The normalized spacial score (nSPS) is 12.8.